The minimum atomic E-state index is 0.257. The van der Waals surface area contributed by atoms with E-state index in [9.17, 15) is 0 Å². The SMILES string of the molecule is CCCC1CN=C(NC2COc3ccccc32)S1. The quantitative estimate of drug-likeness (QED) is 0.909. The summed E-state index contributed by atoms with van der Waals surface area (Å²) in [4.78, 5) is 4.59. The zero-order valence-corrected chi connectivity index (χ0v) is 11.4. The molecule has 0 saturated carbocycles. The van der Waals surface area contributed by atoms with Gasteiger partial charge in [-0.3, -0.25) is 4.99 Å². The van der Waals surface area contributed by atoms with Crippen molar-refractivity contribution >= 4 is 16.9 Å². The van der Waals surface area contributed by atoms with Crippen LogP contribution < -0.4 is 10.1 Å². The first-order valence-electron chi connectivity index (χ1n) is 6.56. The molecule has 0 saturated heterocycles. The second-order valence-corrected chi connectivity index (χ2v) is 6.01. The van der Waals surface area contributed by atoms with Crippen molar-refractivity contribution in [1.82, 2.24) is 5.32 Å². The monoisotopic (exact) mass is 262 g/mol. The molecule has 2 aliphatic rings. The van der Waals surface area contributed by atoms with E-state index in [1.165, 1.54) is 18.4 Å². The van der Waals surface area contributed by atoms with Gasteiger partial charge in [-0.15, -0.1) is 0 Å². The molecule has 3 nitrogen and oxygen atoms in total. The Bertz CT molecular complexity index is 461. The normalized spacial score (nSPS) is 25.5. The predicted molar refractivity (Wildman–Crippen MR) is 76.4 cm³/mol. The first-order chi connectivity index (χ1) is 8.86. The second-order valence-electron chi connectivity index (χ2n) is 4.72. The van der Waals surface area contributed by atoms with Crippen LogP contribution in [-0.4, -0.2) is 23.6 Å². The van der Waals surface area contributed by atoms with Gasteiger partial charge in [0, 0.05) is 10.8 Å². The highest BCUT2D eigenvalue weighted by atomic mass is 32.2. The van der Waals surface area contributed by atoms with Gasteiger partial charge in [-0.2, -0.15) is 0 Å². The lowest BCUT2D eigenvalue weighted by molar-refractivity contribution is 0.325. The van der Waals surface area contributed by atoms with Crippen molar-refractivity contribution in [2.45, 2.75) is 31.1 Å². The summed E-state index contributed by atoms with van der Waals surface area (Å²) in [5.74, 6) is 1.00. The van der Waals surface area contributed by atoms with E-state index in [0.717, 1.165) is 17.5 Å². The summed E-state index contributed by atoms with van der Waals surface area (Å²) in [6, 6.07) is 8.49. The molecule has 0 aliphatic carbocycles. The van der Waals surface area contributed by atoms with E-state index in [4.69, 9.17) is 4.74 Å². The van der Waals surface area contributed by atoms with E-state index in [2.05, 4.69) is 29.4 Å². The number of benzene rings is 1. The molecular formula is C14H18N2OS. The van der Waals surface area contributed by atoms with Gasteiger partial charge in [-0.1, -0.05) is 43.3 Å². The van der Waals surface area contributed by atoms with Crippen LogP contribution in [0.2, 0.25) is 0 Å². The van der Waals surface area contributed by atoms with Crippen molar-refractivity contribution in [2.24, 2.45) is 4.99 Å². The average Bonchev–Trinajstić information content (AvgIpc) is 2.99. The van der Waals surface area contributed by atoms with Crippen molar-refractivity contribution in [2.75, 3.05) is 13.2 Å². The number of aliphatic imine (C=N–C) groups is 1. The summed E-state index contributed by atoms with van der Waals surface area (Å²) >= 11 is 1.88. The van der Waals surface area contributed by atoms with Crippen LogP contribution >= 0.6 is 11.8 Å². The smallest absolute Gasteiger partial charge is 0.157 e. The van der Waals surface area contributed by atoms with Crippen LogP contribution in [0.4, 0.5) is 0 Å². The molecule has 2 atom stereocenters. The fraction of sp³-hybridized carbons (Fsp3) is 0.500. The van der Waals surface area contributed by atoms with Crippen LogP contribution in [0.5, 0.6) is 5.75 Å². The Kier molecular flexibility index (Phi) is 3.46. The molecule has 0 radical (unpaired) electrons. The second kappa shape index (κ2) is 5.22. The molecule has 1 aromatic rings. The van der Waals surface area contributed by atoms with Crippen molar-refractivity contribution in [3.63, 3.8) is 0 Å². The van der Waals surface area contributed by atoms with E-state index in [1.807, 2.05) is 23.9 Å². The number of para-hydroxylation sites is 1. The number of hydrogen-bond acceptors (Lipinski definition) is 4. The molecule has 1 N–H and O–H groups in total. The fourth-order valence-corrected chi connectivity index (χ4v) is 3.58. The van der Waals surface area contributed by atoms with Gasteiger partial charge in [0.25, 0.3) is 0 Å². The molecule has 2 unspecified atom stereocenters. The molecule has 3 rings (SSSR count). The number of nitrogens with zero attached hydrogens (tertiary/aromatic N) is 1. The Morgan fingerprint density at radius 1 is 1.44 bits per heavy atom. The third-order valence-corrected chi connectivity index (χ3v) is 4.51. The maximum absolute atomic E-state index is 5.67. The van der Waals surface area contributed by atoms with Crippen molar-refractivity contribution in [3.8, 4) is 5.75 Å². The maximum atomic E-state index is 5.67. The van der Waals surface area contributed by atoms with Crippen LogP contribution in [0.15, 0.2) is 29.3 Å². The molecule has 0 fully saturated rings. The number of nitrogens with one attached hydrogen (secondary N) is 1. The third-order valence-electron chi connectivity index (χ3n) is 3.33. The van der Waals surface area contributed by atoms with Gasteiger partial charge < -0.3 is 10.1 Å². The lowest BCUT2D eigenvalue weighted by atomic mass is 10.1. The summed E-state index contributed by atoms with van der Waals surface area (Å²) in [5, 5.41) is 5.25. The summed E-state index contributed by atoms with van der Waals surface area (Å²) < 4.78 is 5.67. The lowest BCUT2D eigenvalue weighted by Crippen LogP contribution is -2.26. The summed E-state index contributed by atoms with van der Waals surface area (Å²) in [6.45, 7) is 3.89. The standard InChI is InChI=1S/C14H18N2OS/c1-2-5-10-8-15-14(18-10)16-12-9-17-13-7-4-3-6-11(12)13/h3-4,6-7,10,12H,2,5,8-9H2,1H3,(H,15,16). The molecule has 0 aromatic heterocycles. The Morgan fingerprint density at radius 3 is 3.22 bits per heavy atom. The number of hydrogen-bond donors (Lipinski definition) is 1. The van der Waals surface area contributed by atoms with E-state index in [0.29, 0.717) is 11.9 Å². The Hall–Kier alpha value is -1.16. The highest BCUT2D eigenvalue weighted by molar-refractivity contribution is 8.14. The van der Waals surface area contributed by atoms with Crippen molar-refractivity contribution < 1.29 is 4.74 Å². The number of fused-ring (bicyclic) bond motifs is 1. The van der Waals surface area contributed by atoms with E-state index >= 15 is 0 Å². The highest BCUT2D eigenvalue weighted by Gasteiger charge is 2.27. The number of amidine groups is 1. The number of thioether (sulfide) groups is 1. The third kappa shape index (κ3) is 2.34. The Balaban J connectivity index is 1.62. The first kappa shape index (κ1) is 11.9. The van der Waals surface area contributed by atoms with Gasteiger partial charge in [0.05, 0.1) is 12.6 Å². The van der Waals surface area contributed by atoms with E-state index in [1.54, 1.807) is 0 Å². The van der Waals surface area contributed by atoms with E-state index in [-0.39, 0.29) is 6.04 Å². The van der Waals surface area contributed by atoms with Crippen LogP contribution in [0.25, 0.3) is 0 Å². The lowest BCUT2D eigenvalue weighted by Gasteiger charge is -2.13. The van der Waals surface area contributed by atoms with E-state index < -0.39 is 0 Å². The molecule has 96 valence electrons. The maximum Gasteiger partial charge on any atom is 0.157 e. The van der Waals surface area contributed by atoms with Crippen LogP contribution in [-0.2, 0) is 0 Å². The molecule has 2 aliphatic heterocycles. The Morgan fingerprint density at radius 2 is 2.33 bits per heavy atom. The van der Waals surface area contributed by atoms with Crippen molar-refractivity contribution in [3.05, 3.63) is 29.8 Å². The molecule has 0 bridgehead atoms. The fourth-order valence-electron chi connectivity index (χ4n) is 2.40. The van der Waals surface area contributed by atoms with Gasteiger partial charge in [-0.05, 0) is 12.5 Å². The van der Waals surface area contributed by atoms with Crippen LogP contribution in [0.3, 0.4) is 0 Å². The molecular weight excluding hydrogens is 244 g/mol. The van der Waals surface area contributed by atoms with Gasteiger partial charge in [-0.25, -0.2) is 0 Å². The minimum absolute atomic E-state index is 0.257. The largest absolute Gasteiger partial charge is 0.491 e. The number of ether oxygens (including phenoxy) is 1. The summed E-state index contributed by atoms with van der Waals surface area (Å²) in [6.07, 6.45) is 2.48. The average molecular weight is 262 g/mol. The highest BCUT2D eigenvalue weighted by Crippen LogP contribution is 2.33. The zero-order valence-electron chi connectivity index (χ0n) is 10.6. The van der Waals surface area contributed by atoms with Gasteiger partial charge in [0.1, 0.15) is 12.4 Å². The van der Waals surface area contributed by atoms with Gasteiger partial charge in [0.15, 0.2) is 5.17 Å². The van der Waals surface area contributed by atoms with Crippen LogP contribution in [0.1, 0.15) is 31.4 Å². The minimum Gasteiger partial charge on any atom is -0.491 e. The predicted octanol–water partition coefficient (Wildman–Crippen LogP) is 2.98. The topological polar surface area (TPSA) is 33.6 Å². The molecule has 18 heavy (non-hydrogen) atoms. The zero-order chi connectivity index (χ0) is 12.4. The van der Waals surface area contributed by atoms with Gasteiger partial charge in [0.2, 0.25) is 0 Å². The first-order valence-corrected chi connectivity index (χ1v) is 7.44. The molecule has 2 heterocycles. The molecule has 0 amide bonds. The Labute approximate surface area is 112 Å². The number of rotatable bonds is 3. The molecule has 4 heteroatoms. The summed E-state index contributed by atoms with van der Waals surface area (Å²) in [5.41, 5.74) is 1.25. The molecule has 1 aromatic carbocycles. The molecule has 0 spiro atoms. The van der Waals surface area contributed by atoms with Gasteiger partial charge >= 0.3 is 0 Å². The van der Waals surface area contributed by atoms with Crippen LogP contribution in [0, 0.1) is 0 Å². The summed E-state index contributed by atoms with van der Waals surface area (Å²) in [7, 11) is 0. The van der Waals surface area contributed by atoms with Crippen molar-refractivity contribution in [1.29, 1.82) is 0 Å².